The summed E-state index contributed by atoms with van der Waals surface area (Å²) in [4.78, 5) is 24.3. The lowest BCUT2D eigenvalue weighted by molar-refractivity contribution is -0.384. The van der Waals surface area contributed by atoms with Crippen LogP contribution in [0.25, 0.3) is 6.08 Å². The Morgan fingerprint density at radius 2 is 2.32 bits per heavy atom. The highest BCUT2D eigenvalue weighted by molar-refractivity contribution is 5.92. The van der Waals surface area contributed by atoms with E-state index >= 15 is 0 Å². The molecule has 0 aliphatic carbocycles. The van der Waals surface area contributed by atoms with Crippen LogP contribution in [0.5, 0.6) is 0 Å². The monoisotopic (exact) mass is 304 g/mol. The molecule has 1 amide bonds. The van der Waals surface area contributed by atoms with E-state index in [0.717, 1.165) is 12.8 Å². The molecule has 118 valence electrons. The second kappa shape index (κ2) is 7.17. The maximum absolute atomic E-state index is 12.3. The van der Waals surface area contributed by atoms with Gasteiger partial charge in [-0.25, -0.2) is 0 Å². The van der Waals surface area contributed by atoms with Crippen LogP contribution in [0.4, 0.5) is 5.69 Å². The molecule has 22 heavy (non-hydrogen) atoms. The summed E-state index contributed by atoms with van der Waals surface area (Å²) in [5.74, 6) is 0.103. The van der Waals surface area contributed by atoms with E-state index in [0.29, 0.717) is 12.1 Å². The first-order valence-corrected chi connectivity index (χ1v) is 7.37. The predicted molar refractivity (Wildman–Crippen MR) is 83.1 cm³/mol. The van der Waals surface area contributed by atoms with E-state index < -0.39 is 4.92 Å². The van der Waals surface area contributed by atoms with Crippen molar-refractivity contribution in [1.29, 1.82) is 0 Å². The molecule has 0 spiro atoms. The van der Waals surface area contributed by atoms with Crippen LogP contribution >= 0.6 is 0 Å². The van der Waals surface area contributed by atoms with E-state index in [4.69, 9.17) is 0 Å². The molecule has 6 nitrogen and oxygen atoms in total. The summed E-state index contributed by atoms with van der Waals surface area (Å²) in [6.45, 7) is 2.62. The molecule has 2 atom stereocenters. The molecule has 1 N–H and O–H groups in total. The fraction of sp³-hybridized carbons (Fsp3) is 0.438. The molecule has 0 radical (unpaired) electrons. The van der Waals surface area contributed by atoms with Crippen LogP contribution < -0.4 is 0 Å². The predicted octanol–water partition coefficient (Wildman–Crippen LogP) is 2.23. The number of hydrogen-bond donors (Lipinski definition) is 1. The Kier molecular flexibility index (Phi) is 5.27. The van der Waals surface area contributed by atoms with Crippen molar-refractivity contribution in [2.45, 2.75) is 25.8 Å². The second-order valence-electron chi connectivity index (χ2n) is 5.59. The summed E-state index contributed by atoms with van der Waals surface area (Å²) in [6.07, 6.45) is 4.92. The minimum Gasteiger partial charge on any atom is -0.394 e. The maximum Gasteiger partial charge on any atom is 0.270 e. The number of nitro groups is 1. The van der Waals surface area contributed by atoms with Gasteiger partial charge in [-0.05, 0) is 30.4 Å². The van der Waals surface area contributed by atoms with Gasteiger partial charge in [-0.2, -0.15) is 0 Å². The largest absolute Gasteiger partial charge is 0.394 e. The van der Waals surface area contributed by atoms with E-state index in [1.165, 1.54) is 18.2 Å². The van der Waals surface area contributed by atoms with Gasteiger partial charge in [0.05, 0.1) is 17.6 Å². The molecule has 1 aliphatic rings. The van der Waals surface area contributed by atoms with E-state index in [2.05, 4.69) is 0 Å². The van der Waals surface area contributed by atoms with Crippen molar-refractivity contribution < 1.29 is 14.8 Å². The van der Waals surface area contributed by atoms with Crippen LogP contribution in [0.3, 0.4) is 0 Å². The summed E-state index contributed by atoms with van der Waals surface area (Å²) in [5.41, 5.74) is 0.600. The minimum atomic E-state index is -0.465. The molecule has 1 heterocycles. The fourth-order valence-electron chi connectivity index (χ4n) is 2.81. The fourth-order valence-corrected chi connectivity index (χ4v) is 2.81. The highest BCUT2D eigenvalue weighted by Crippen LogP contribution is 2.23. The van der Waals surface area contributed by atoms with Crippen molar-refractivity contribution in [3.05, 3.63) is 46.0 Å². The summed E-state index contributed by atoms with van der Waals surface area (Å²) in [7, 11) is 0. The molecule has 1 fully saturated rings. The summed E-state index contributed by atoms with van der Waals surface area (Å²) in [5, 5.41) is 20.2. The number of piperidine rings is 1. The van der Waals surface area contributed by atoms with Gasteiger partial charge in [-0.3, -0.25) is 14.9 Å². The van der Waals surface area contributed by atoms with E-state index in [9.17, 15) is 20.0 Å². The molecule has 1 aliphatic heterocycles. The zero-order chi connectivity index (χ0) is 16.1. The number of nitrogens with zero attached hydrogens (tertiary/aromatic N) is 2. The number of hydrogen-bond acceptors (Lipinski definition) is 4. The lowest BCUT2D eigenvalue weighted by Gasteiger charge is -2.38. The quantitative estimate of drug-likeness (QED) is 0.525. The Bertz CT molecular complexity index is 585. The molecule has 0 saturated carbocycles. The maximum atomic E-state index is 12.3. The van der Waals surface area contributed by atoms with Crippen LogP contribution in [0, 0.1) is 16.0 Å². The molecule has 1 saturated heterocycles. The Labute approximate surface area is 129 Å². The number of benzene rings is 1. The van der Waals surface area contributed by atoms with Gasteiger partial charge >= 0.3 is 0 Å². The zero-order valence-electron chi connectivity index (χ0n) is 12.5. The zero-order valence-corrected chi connectivity index (χ0v) is 12.5. The van der Waals surface area contributed by atoms with Gasteiger partial charge in [-0.1, -0.05) is 19.1 Å². The van der Waals surface area contributed by atoms with Crippen molar-refractivity contribution in [1.82, 2.24) is 4.90 Å². The number of carbonyl (C=O) groups is 1. The smallest absolute Gasteiger partial charge is 0.270 e. The SMILES string of the molecule is CC1CCCN(C(=O)/C=C/c2cccc([N+](=O)[O-])c2)C1CO. The van der Waals surface area contributed by atoms with Crippen LogP contribution in [0.15, 0.2) is 30.3 Å². The van der Waals surface area contributed by atoms with E-state index in [1.54, 1.807) is 23.1 Å². The van der Waals surface area contributed by atoms with Crippen molar-refractivity contribution in [3.8, 4) is 0 Å². The van der Waals surface area contributed by atoms with Gasteiger partial charge < -0.3 is 10.0 Å². The third kappa shape index (κ3) is 3.71. The Morgan fingerprint density at radius 1 is 1.55 bits per heavy atom. The Morgan fingerprint density at radius 3 is 3.00 bits per heavy atom. The summed E-state index contributed by atoms with van der Waals surface area (Å²) in [6, 6.07) is 5.97. The van der Waals surface area contributed by atoms with Gasteiger partial charge in [0.15, 0.2) is 0 Å². The molecule has 6 heteroatoms. The van der Waals surface area contributed by atoms with Gasteiger partial charge in [0.1, 0.15) is 0 Å². The second-order valence-corrected chi connectivity index (χ2v) is 5.59. The lowest BCUT2D eigenvalue weighted by Crippen LogP contribution is -2.49. The topological polar surface area (TPSA) is 83.7 Å². The summed E-state index contributed by atoms with van der Waals surface area (Å²) < 4.78 is 0. The van der Waals surface area contributed by atoms with Crippen molar-refractivity contribution in [2.75, 3.05) is 13.2 Å². The number of likely N-dealkylation sites (tertiary alicyclic amines) is 1. The van der Waals surface area contributed by atoms with Crippen LogP contribution in [0.1, 0.15) is 25.3 Å². The molecular formula is C16H20N2O4. The first-order valence-electron chi connectivity index (χ1n) is 7.37. The normalized spacial score (nSPS) is 22.0. The molecule has 0 aromatic heterocycles. The first kappa shape index (κ1) is 16.2. The molecule has 1 aromatic rings. The average molecular weight is 304 g/mol. The summed E-state index contributed by atoms with van der Waals surface area (Å²) >= 11 is 0. The number of amides is 1. The Hall–Kier alpha value is -2.21. The van der Waals surface area contributed by atoms with Gasteiger partial charge in [0, 0.05) is 24.8 Å². The average Bonchev–Trinajstić information content (AvgIpc) is 2.52. The third-order valence-electron chi connectivity index (χ3n) is 4.09. The van der Waals surface area contributed by atoms with E-state index in [1.807, 2.05) is 6.92 Å². The number of carbonyl (C=O) groups excluding carboxylic acids is 1. The minimum absolute atomic E-state index is 0.00516. The highest BCUT2D eigenvalue weighted by Gasteiger charge is 2.30. The first-order chi connectivity index (χ1) is 10.5. The van der Waals surface area contributed by atoms with Crippen LogP contribution in [-0.4, -0.2) is 40.0 Å². The molecular weight excluding hydrogens is 284 g/mol. The number of rotatable bonds is 4. The van der Waals surface area contributed by atoms with Gasteiger partial charge in [0.25, 0.3) is 5.69 Å². The Balaban J connectivity index is 2.10. The molecule has 2 unspecified atom stereocenters. The van der Waals surface area contributed by atoms with Crippen LogP contribution in [-0.2, 0) is 4.79 Å². The number of aliphatic hydroxyl groups is 1. The molecule has 1 aromatic carbocycles. The third-order valence-corrected chi connectivity index (χ3v) is 4.09. The number of non-ortho nitro benzene ring substituents is 1. The van der Waals surface area contributed by atoms with Crippen LogP contribution in [0.2, 0.25) is 0 Å². The molecule has 0 bridgehead atoms. The number of nitro benzene ring substituents is 1. The van der Waals surface area contributed by atoms with Gasteiger partial charge in [-0.15, -0.1) is 0 Å². The van der Waals surface area contributed by atoms with Crippen molar-refractivity contribution >= 4 is 17.7 Å². The standard InChI is InChI=1S/C16H20N2O4/c1-12-4-3-9-17(15(12)11-19)16(20)8-7-13-5-2-6-14(10-13)18(21)22/h2,5-8,10,12,15,19H,3-4,9,11H2,1H3/b8-7+. The molecule has 2 rings (SSSR count). The highest BCUT2D eigenvalue weighted by atomic mass is 16.6. The van der Waals surface area contributed by atoms with Crippen molar-refractivity contribution in [2.24, 2.45) is 5.92 Å². The number of aliphatic hydroxyl groups excluding tert-OH is 1. The van der Waals surface area contributed by atoms with E-state index in [-0.39, 0.29) is 30.2 Å². The van der Waals surface area contributed by atoms with Gasteiger partial charge in [0.2, 0.25) is 5.91 Å². The lowest BCUT2D eigenvalue weighted by atomic mass is 9.91. The van der Waals surface area contributed by atoms with Crippen molar-refractivity contribution in [3.63, 3.8) is 0 Å².